The summed E-state index contributed by atoms with van der Waals surface area (Å²) in [6.45, 7) is 3.24. The highest BCUT2D eigenvalue weighted by atomic mass is 16.6. The standard InChI is InChI=1S/C9H16O3/c1-2-6-11-8-5-3-4-7-12-9(8)10/h8H,2-7H2,1H3. The van der Waals surface area contributed by atoms with Gasteiger partial charge in [-0.1, -0.05) is 6.92 Å². The molecule has 1 atom stereocenters. The normalized spacial score (nSPS) is 24.8. The van der Waals surface area contributed by atoms with E-state index in [0.717, 1.165) is 25.7 Å². The summed E-state index contributed by atoms with van der Waals surface area (Å²) in [5.74, 6) is -0.180. The Morgan fingerprint density at radius 1 is 1.58 bits per heavy atom. The maximum Gasteiger partial charge on any atom is 0.335 e. The minimum Gasteiger partial charge on any atom is -0.464 e. The molecule has 12 heavy (non-hydrogen) atoms. The van der Waals surface area contributed by atoms with Gasteiger partial charge in [-0.25, -0.2) is 4.79 Å². The fourth-order valence-electron chi connectivity index (χ4n) is 1.23. The molecule has 1 aliphatic rings. The highest BCUT2D eigenvalue weighted by Gasteiger charge is 2.22. The third-order valence-corrected chi connectivity index (χ3v) is 1.89. The van der Waals surface area contributed by atoms with Crippen LogP contribution in [0.25, 0.3) is 0 Å². The lowest BCUT2D eigenvalue weighted by Crippen LogP contribution is -2.25. The molecule has 0 saturated carbocycles. The second kappa shape index (κ2) is 5.14. The maximum atomic E-state index is 11.2. The van der Waals surface area contributed by atoms with Crippen molar-refractivity contribution < 1.29 is 14.3 Å². The Balaban J connectivity index is 2.31. The van der Waals surface area contributed by atoms with E-state index in [4.69, 9.17) is 9.47 Å². The molecule has 3 heteroatoms. The van der Waals surface area contributed by atoms with Gasteiger partial charge in [-0.15, -0.1) is 0 Å². The number of cyclic esters (lactones) is 1. The monoisotopic (exact) mass is 172 g/mol. The van der Waals surface area contributed by atoms with Gasteiger partial charge in [-0.05, 0) is 25.7 Å². The SMILES string of the molecule is CCCOC1CCCCOC1=O. The number of hydrogen-bond donors (Lipinski definition) is 0. The van der Waals surface area contributed by atoms with Gasteiger partial charge in [0.1, 0.15) is 0 Å². The molecule has 0 radical (unpaired) electrons. The third kappa shape index (κ3) is 2.81. The molecular weight excluding hydrogens is 156 g/mol. The van der Waals surface area contributed by atoms with E-state index < -0.39 is 0 Å². The quantitative estimate of drug-likeness (QED) is 0.605. The average molecular weight is 172 g/mol. The predicted octanol–water partition coefficient (Wildman–Crippen LogP) is 1.51. The molecule has 3 nitrogen and oxygen atoms in total. The number of hydrogen-bond acceptors (Lipinski definition) is 3. The van der Waals surface area contributed by atoms with Crippen LogP contribution in [0.15, 0.2) is 0 Å². The minimum atomic E-state index is -0.299. The Bertz CT molecular complexity index is 145. The summed E-state index contributed by atoms with van der Waals surface area (Å²) in [5.41, 5.74) is 0. The fraction of sp³-hybridized carbons (Fsp3) is 0.889. The predicted molar refractivity (Wildman–Crippen MR) is 44.8 cm³/mol. The topological polar surface area (TPSA) is 35.5 Å². The Kier molecular flexibility index (Phi) is 4.08. The van der Waals surface area contributed by atoms with Crippen LogP contribution in [0.5, 0.6) is 0 Å². The van der Waals surface area contributed by atoms with E-state index in [2.05, 4.69) is 0 Å². The highest BCUT2D eigenvalue weighted by molar-refractivity contribution is 5.74. The summed E-state index contributed by atoms with van der Waals surface area (Å²) in [5, 5.41) is 0. The van der Waals surface area contributed by atoms with Crippen molar-refractivity contribution in [3.8, 4) is 0 Å². The molecule has 0 bridgehead atoms. The zero-order valence-corrected chi connectivity index (χ0v) is 7.54. The third-order valence-electron chi connectivity index (χ3n) is 1.89. The number of carbonyl (C=O) groups is 1. The maximum absolute atomic E-state index is 11.2. The van der Waals surface area contributed by atoms with Crippen LogP contribution in [0.2, 0.25) is 0 Å². The van der Waals surface area contributed by atoms with Crippen molar-refractivity contribution in [2.45, 2.75) is 38.7 Å². The van der Waals surface area contributed by atoms with Gasteiger partial charge in [0.15, 0.2) is 6.10 Å². The first kappa shape index (κ1) is 9.52. The van der Waals surface area contributed by atoms with Crippen LogP contribution in [0, 0.1) is 0 Å². The minimum absolute atomic E-state index is 0.180. The Morgan fingerprint density at radius 3 is 3.17 bits per heavy atom. The van der Waals surface area contributed by atoms with Gasteiger partial charge in [-0.3, -0.25) is 0 Å². The molecule has 1 heterocycles. The molecule has 1 rings (SSSR count). The van der Waals surface area contributed by atoms with E-state index in [0.29, 0.717) is 13.2 Å². The molecular formula is C9H16O3. The summed E-state index contributed by atoms with van der Waals surface area (Å²) >= 11 is 0. The smallest absolute Gasteiger partial charge is 0.335 e. The van der Waals surface area contributed by atoms with Crippen molar-refractivity contribution in [1.29, 1.82) is 0 Å². The molecule has 1 saturated heterocycles. The zero-order valence-electron chi connectivity index (χ0n) is 7.54. The van der Waals surface area contributed by atoms with Crippen molar-refractivity contribution >= 4 is 5.97 Å². The van der Waals surface area contributed by atoms with Crippen molar-refractivity contribution in [2.24, 2.45) is 0 Å². The van der Waals surface area contributed by atoms with Crippen LogP contribution in [0.3, 0.4) is 0 Å². The zero-order chi connectivity index (χ0) is 8.81. The highest BCUT2D eigenvalue weighted by Crippen LogP contribution is 2.12. The summed E-state index contributed by atoms with van der Waals surface area (Å²) in [4.78, 5) is 11.2. The fourth-order valence-corrected chi connectivity index (χ4v) is 1.23. The van der Waals surface area contributed by atoms with E-state index in [9.17, 15) is 4.79 Å². The molecule has 1 aliphatic heterocycles. The molecule has 0 aromatic heterocycles. The van der Waals surface area contributed by atoms with Crippen LogP contribution < -0.4 is 0 Å². The molecule has 0 aliphatic carbocycles. The second-order valence-electron chi connectivity index (χ2n) is 3.02. The number of ether oxygens (including phenoxy) is 2. The Labute approximate surface area is 73.0 Å². The van der Waals surface area contributed by atoms with Crippen molar-refractivity contribution in [2.75, 3.05) is 13.2 Å². The molecule has 0 aromatic carbocycles. The van der Waals surface area contributed by atoms with Crippen LogP contribution in [0.4, 0.5) is 0 Å². The van der Waals surface area contributed by atoms with Crippen LogP contribution in [-0.4, -0.2) is 25.3 Å². The Morgan fingerprint density at radius 2 is 2.42 bits per heavy atom. The van der Waals surface area contributed by atoms with Crippen molar-refractivity contribution in [1.82, 2.24) is 0 Å². The van der Waals surface area contributed by atoms with E-state index in [1.165, 1.54) is 0 Å². The van der Waals surface area contributed by atoms with E-state index in [-0.39, 0.29) is 12.1 Å². The molecule has 70 valence electrons. The molecule has 0 N–H and O–H groups in total. The van der Waals surface area contributed by atoms with Crippen LogP contribution in [0.1, 0.15) is 32.6 Å². The largest absolute Gasteiger partial charge is 0.464 e. The molecule has 1 unspecified atom stereocenters. The van der Waals surface area contributed by atoms with Crippen molar-refractivity contribution in [3.05, 3.63) is 0 Å². The first-order valence-electron chi connectivity index (χ1n) is 4.63. The Hall–Kier alpha value is -0.570. The number of rotatable bonds is 3. The van der Waals surface area contributed by atoms with Gasteiger partial charge < -0.3 is 9.47 Å². The number of esters is 1. The van der Waals surface area contributed by atoms with Crippen LogP contribution >= 0.6 is 0 Å². The van der Waals surface area contributed by atoms with Gasteiger partial charge in [0, 0.05) is 6.61 Å². The van der Waals surface area contributed by atoms with Gasteiger partial charge in [0.05, 0.1) is 6.61 Å². The van der Waals surface area contributed by atoms with Crippen molar-refractivity contribution in [3.63, 3.8) is 0 Å². The molecule has 0 spiro atoms. The van der Waals surface area contributed by atoms with Gasteiger partial charge >= 0.3 is 5.97 Å². The number of carbonyl (C=O) groups excluding carboxylic acids is 1. The summed E-state index contributed by atoms with van der Waals surface area (Å²) in [6.07, 6.45) is 3.47. The van der Waals surface area contributed by atoms with Gasteiger partial charge in [0.2, 0.25) is 0 Å². The lowest BCUT2D eigenvalue weighted by Gasteiger charge is -2.11. The lowest BCUT2D eigenvalue weighted by molar-refractivity contribution is -0.155. The van der Waals surface area contributed by atoms with E-state index in [1.54, 1.807) is 0 Å². The molecule has 0 aromatic rings. The second-order valence-corrected chi connectivity index (χ2v) is 3.02. The lowest BCUT2D eigenvalue weighted by atomic mass is 10.2. The first-order chi connectivity index (χ1) is 5.84. The average Bonchev–Trinajstić information content (AvgIpc) is 2.27. The molecule has 0 amide bonds. The molecule has 1 fully saturated rings. The van der Waals surface area contributed by atoms with Gasteiger partial charge in [0.25, 0.3) is 0 Å². The summed E-state index contributed by atoms with van der Waals surface area (Å²) in [7, 11) is 0. The summed E-state index contributed by atoms with van der Waals surface area (Å²) in [6, 6.07) is 0. The van der Waals surface area contributed by atoms with Crippen LogP contribution in [-0.2, 0) is 14.3 Å². The summed E-state index contributed by atoms with van der Waals surface area (Å²) < 4.78 is 10.3. The van der Waals surface area contributed by atoms with E-state index >= 15 is 0 Å². The first-order valence-corrected chi connectivity index (χ1v) is 4.63. The van der Waals surface area contributed by atoms with Gasteiger partial charge in [-0.2, -0.15) is 0 Å². The van der Waals surface area contributed by atoms with E-state index in [1.807, 2.05) is 6.92 Å².